The van der Waals surface area contributed by atoms with Gasteiger partial charge in [-0.25, -0.2) is 13.8 Å². The zero-order chi connectivity index (χ0) is 15.0. The molecule has 1 aromatic heterocycles. The molecule has 0 saturated carbocycles. The van der Waals surface area contributed by atoms with Crippen LogP contribution in [0.15, 0.2) is 16.7 Å². The van der Waals surface area contributed by atoms with Crippen LogP contribution in [0.3, 0.4) is 0 Å². The molecule has 0 aliphatic rings. The van der Waals surface area contributed by atoms with Crippen LogP contribution in [0.4, 0.5) is 22.0 Å². The van der Waals surface area contributed by atoms with Gasteiger partial charge >= 0.3 is 6.18 Å². The van der Waals surface area contributed by atoms with E-state index in [0.717, 1.165) is 13.0 Å². The number of halogens is 6. The summed E-state index contributed by atoms with van der Waals surface area (Å²) in [6.45, 7) is 0.824. The van der Waals surface area contributed by atoms with E-state index in [2.05, 4.69) is 20.9 Å². The predicted molar refractivity (Wildman–Crippen MR) is 60.4 cm³/mol. The van der Waals surface area contributed by atoms with Gasteiger partial charge in [0.2, 0.25) is 0 Å². The minimum absolute atomic E-state index is 0.0780. The van der Waals surface area contributed by atoms with Crippen LogP contribution in [-0.4, -0.2) is 28.5 Å². The molecular formula is C10H10BrF5N2O. The summed E-state index contributed by atoms with van der Waals surface area (Å²) in [7, 11) is 0. The van der Waals surface area contributed by atoms with Gasteiger partial charge in [0.15, 0.2) is 12.3 Å². The molecule has 1 heterocycles. The molecule has 9 heteroatoms. The summed E-state index contributed by atoms with van der Waals surface area (Å²) in [4.78, 5) is 3.53. The Hall–Kier alpha value is -0.800. The van der Waals surface area contributed by atoms with E-state index in [1.807, 2.05) is 0 Å². The third-order valence-electron chi connectivity index (χ3n) is 2.51. The lowest BCUT2D eigenvalue weighted by Crippen LogP contribution is -2.54. The van der Waals surface area contributed by atoms with Gasteiger partial charge in [0.25, 0.3) is 0 Å². The van der Waals surface area contributed by atoms with Crippen LogP contribution < -0.4 is 5.73 Å². The van der Waals surface area contributed by atoms with Crippen molar-refractivity contribution in [2.75, 3.05) is 0 Å². The highest BCUT2D eigenvalue weighted by molar-refractivity contribution is 9.10. The summed E-state index contributed by atoms with van der Waals surface area (Å²) >= 11 is 2.87. The molecule has 0 radical (unpaired) electrons. The normalized spacial score (nSPS) is 18.8. The number of pyridine rings is 1. The molecule has 0 fully saturated rings. The van der Waals surface area contributed by atoms with E-state index in [4.69, 9.17) is 10.8 Å². The second-order valence-electron chi connectivity index (χ2n) is 4.14. The molecule has 0 amide bonds. The van der Waals surface area contributed by atoms with E-state index in [0.29, 0.717) is 0 Å². The van der Waals surface area contributed by atoms with E-state index in [9.17, 15) is 22.0 Å². The highest BCUT2D eigenvalue weighted by Gasteiger charge is 2.51. The van der Waals surface area contributed by atoms with Gasteiger partial charge in [0.05, 0.1) is 11.2 Å². The zero-order valence-corrected chi connectivity index (χ0v) is 11.1. The fourth-order valence-corrected chi connectivity index (χ4v) is 1.73. The average Bonchev–Trinajstić information content (AvgIpc) is 2.28. The third-order valence-corrected chi connectivity index (χ3v) is 2.95. The molecule has 0 saturated heterocycles. The molecular weight excluding hydrogens is 339 g/mol. The van der Waals surface area contributed by atoms with E-state index < -0.39 is 35.5 Å². The van der Waals surface area contributed by atoms with Crippen LogP contribution in [0, 0.1) is 5.82 Å². The molecule has 0 aliphatic carbocycles. The molecule has 3 N–H and O–H groups in total. The minimum atomic E-state index is -5.21. The van der Waals surface area contributed by atoms with Crippen LogP contribution in [0.5, 0.6) is 0 Å². The molecule has 1 aromatic rings. The maximum absolute atomic E-state index is 13.8. The van der Waals surface area contributed by atoms with Crippen molar-refractivity contribution in [2.24, 2.45) is 5.73 Å². The van der Waals surface area contributed by atoms with Crippen molar-refractivity contribution in [2.45, 2.75) is 30.9 Å². The lowest BCUT2D eigenvalue weighted by molar-refractivity contribution is -0.228. The maximum atomic E-state index is 13.8. The van der Waals surface area contributed by atoms with Gasteiger partial charge in [-0.3, -0.25) is 0 Å². The first-order valence-corrected chi connectivity index (χ1v) is 5.77. The summed E-state index contributed by atoms with van der Waals surface area (Å²) in [6.07, 6.45) is -11.5. The number of aliphatic hydroxyl groups is 1. The topological polar surface area (TPSA) is 59.1 Å². The van der Waals surface area contributed by atoms with Crippen LogP contribution in [0.1, 0.15) is 12.6 Å². The van der Waals surface area contributed by atoms with E-state index in [-0.39, 0.29) is 4.60 Å². The number of nitrogens with zero attached hydrogens (tertiary/aromatic N) is 1. The molecule has 0 spiro atoms. The van der Waals surface area contributed by atoms with Gasteiger partial charge in [-0.15, -0.1) is 0 Å². The van der Waals surface area contributed by atoms with Crippen LogP contribution in [0.2, 0.25) is 0 Å². The van der Waals surface area contributed by atoms with Gasteiger partial charge < -0.3 is 10.8 Å². The summed E-state index contributed by atoms with van der Waals surface area (Å²) in [5, 5.41) is 8.87. The van der Waals surface area contributed by atoms with E-state index in [1.54, 1.807) is 0 Å². The standard InChI is InChI=1S/C10H10BrF5N2O/c1-9(17,6(13)8(19)10(14,15)16)7-4(12)2-3-5(11)18-7/h2-3,6,8,19H,17H2,1H3/t6-,8+,9-/m0/s1. The molecule has 0 unspecified atom stereocenters. The molecule has 0 aromatic carbocycles. The van der Waals surface area contributed by atoms with Gasteiger partial charge in [0, 0.05) is 0 Å². The lowest BCUT2D eigenvalue weighted by Gasteiger charge is -2.32. The highest BCUT2D eigenvalue weighted by atomic mass is 79.9. The van der Waals surface area contributed by atoms with Gasteiger partial charge in [-0.05, 0) is 35.0 Å². The van der Waals surface area contributed by atoms with E-state index >= 15 is 0 Å². The highest BCUT2D eigenvalue weighted by Crippen LogP contribution is 2.34. The molecule has 108 valence electrons. The Bertz CT molecular complexity index is 466. The van der Waals surface area contributed by atoms with Gasteiger partial charge in [-0.1, -0.05) is 0 Å². The quantitative estimate of drug-likeness (QED) is 0.651. The largest absolute Gasteiger partial charge is 0.417 e. The van der Waals surface area contributed by atoms with Gasteiger partial charge in [-0.2, -0.15) is 13.2 Å². The molecule has 3 nitrogen and oxygen atoms in total. The summed E-state index contributed by atoms with van der Waals surface area (Å²) < 4.78 is 64.1. The SMILES string of the molecule is C[C@@](N)(c1nc(Br)ccc1F)[C@@H](F)[C@@H](O)C(F)(F)F. The average molecular weight is 349 g/mol. The molecule has 0 aliphatic heterocycles. The third kappa shape index (κ3) is 3.40. The van der Waals surface area contributed by atoms with Crippen molar-refractivity contribution >= 4 is 15.9 Å². The number of aliphatic hydroxyl groups excluding tert-OH is 1. The predicted octanol–water partition coefficient (Wildman–Crippen LogP) is 2.42. The van der Waals surface area contributed by atoms with Crippen LogP contribution in [0.25, 0.3) is 0 Å². The van der Waals surface area contributed by atoms with Crippen molar-refractivity contribution in [1.29, 1.82) is 0 Å². The number of alkyl halides is 4. The van der Waals surface area contributed by atoms with Crippen molar-refractivity contribution in [3.8, 4) is 0 Å². The maximum Gasteiger partial charge on any atom is 0.417 e. The molecule has 0 bridgehead atoms. The second kappa shape index (κ2) is 5.29. The Kier molecular flexibility index (Phi) is 4.53. The first kappa shape index (κ1) is 16.3. The Morgan fingerprint density at radius 1 is 1.37 bits per heavy atom. The smallest absolute Gasteiger partial charge is 0.381 e. The first-order valence-electron chi connectivity index (χ1n) is 4.98. The van der Waals surface area contributed by atoms with Gasteiger partial charge in [0.1, 0.15) is 10.4 Å². The first-order chi connectivity index (χ1) is 8.48. The number of rotatable bonds is 3. The number of aromatic nitrogens is 1. The number of nitrogens with two attached hydrogens (primary N) is 1. The Morgan fingerprint density at radius 2 is 1.89 bits per heavy atom. The van der Waals surface area contributed by atoms with Crippen molar-refractivity contribution in [3.63, 3.8) is 0 Å². The van der Waals surface area contributed by atoms with Crippen LogP contribution in [-0.2, 0) is 5.54 Å². The Labute approximate surface area is 113 Å². The monoisotopic (exact) mass is 348 g/mol. The minimum Gasteiger partial charge on any atom is -0.381 e. The Balaban J connectivity index is 3.19. The fraction of sp³-hybridized carbons (Fsp3) is 0.500. The van der Waals surface area contributed by atoms with E-state index in [1.165, 1.54) is 6.07 Å². The zero-order valence-electron chi connectivity index (χ0n) is 9.55. The number of hydrogen-bond donors (Lipinski definition) is 2. The molecule has 3 atom stereocenters. The van der Waals surface area contributed by atoms with Crippen molar-refractivity contribution in [3.05, 3.63) is 28.2 Å². The summed E-state index contributed by atoms with van der Waals surface area (Å²) in [5.74, 6) is -1.06. The Morgan fingerprint density at radius 3 is 2.37 bits per heavy atom. The fourth-order valence-electron chi connectivity index (χ4n) is 1.42. The molecule has 1 rings (SSSR count). The van der Waals surface area contributed by atoms with Crippen LogP contribution >= 0.6 is 15.9 Å². The van der Waals surface area contributed by atoms with Crippen molar-refractivity contribution in [1.82, 2.24) is 4.98 Å². The van der Waals surface area contributed by atoms with Crippen molar-refractivity contribution < 1.29 is 27.1 Å². The number of hydrogen-bond acceptors (Lipinski definition) is 3. The summed E-state index contributed by atoms with van der Waals surface area (Å²) in [5.41, 5.74) is 2.24. The summed E-state index contributed by atoms with van der Waals surface area (Å²) in [6, 6.07) is 2.06. The molecule has 19 heavy (non-hydrogen) atoms. The lowest BCUT2D eigenvalue weighted by atomic mass is 9.88. The second-order valence-corrected chi connectivity index (χ2v) is 4.95.